The number of rotatable bonds is 2. The van der Waals surface area contributed by atoms with E-state index in [1.165, 1.54) is 19.3 Å². The zero-order chi connectivity index (χ0) is 14.8. The maximum absolute atomic E-state index is 12.7. The molecule has 1 atom stereocenters. The van der Waals surface area contributed by atoms with Gasteiger partial charge in [-0.25, -0.2) is 9.97 Å². The minimum Gasteiger partial charge on any atom is -0.341 e. The van der Waals surface area contributed by atoms with E-state index in [4.69, 9.17) is 0 Å². The van der Waals surface area contributed by atoms with Gasteiger partial charge in [0.05, 0.1) is 0 Å². The average molecular weight is 288 g/mol. The summed E-state index contributed by atoms with van der Waals surface area (Å²) in [6.07, 6.45) is 4.68. The van der Waals surface area contributed by atoms with Crippen LogP contribution in [0.2, 0.25) is 0 Å². The highest BCUT2D eigenvalue weighted by molar-refractivity contribution is 5.92. The number of anilines is 1. The Morgan fingerprint density at radius 2 is 1.95 bits per heavy atom. The molecule has 2 saturated heterocycles. The molecule has 0 radical (unpaired) electrons. The van der Waals surface area contributed by atoms with Gasteiger partial charge in [0.25, 0.3) is 5.91 Å². The molecule has 0 saturated carbocycles. The number of aromatic nitrogens is 2. The lowest BCUT2D eigenvalue weighted by Gasteiger charge is -2.30. The predicted octanol–water partition coefficient (Wildman–Crippen LogP) is 2.26. The van der Waals surface area contributed by atoms with Crippen LogP contribution < -0.4 is 4.90 Å². The van der Waals surface area contributed by atoms with Crippen LogP contribution in [-0.4, -0.2) is 47.0 Å². The second-order valence-corrected chi connectivity index (χ2v) is 6.39. The summed E-state index contributed by atoms with van der Waals surface area (Å²) in [5.74, 6) is 1.37. The van der Waals surface area contributed by atoms with Crippen LogP contribution in [0.5, 0.6) is 0 Å². The lowest BCUT2D eigenvalue weighted by atomic mass is 10.00. The normalized spacial score (nSPS) is 22.7. The SMILES string of the molecule is Cc1cc(C(=O)N2CCCC(C)C2)nc(N2CCCC2)n1. The molecule has 2 fully saturated rings. The van der Waals surface area contributed by atoms with Crippen LogP contribution >= 0.6 is 0 Å². The second kappa shape index (κ2) is 6.00. The molecule has 0 spiro atoms. The Bertz CT molecular complexity index is 525. The monoisotopic (exact) mass is 288 g/mol. The molecule has 21 heavy (non-hydrogen) atoms. The molecule has 3 rings (SSSR count). The first kappa shape index (κ1) is 14.3. The summed E-state index contributed by atoms with van der Waals surface area (Å²) < 4.78 is 0. The van der Waals surface area contributed by atoms with Crippen molar-refractivity contribution in [3.8, 4) is 0 Å². The van der Waals surface area contributed by atoms with E-state index in [9.17, 15) is 4.79 Å². The van der Waals surface area contributed by atoms with Crippen molar-refractivity contribution in [3.63, 3.8) is 0 Å². The van der Waals surface area contributed by atoms with Crippen molar-refractivity contribution in [2.24, 2.45) is 5.92 Å². The van der Waals surface area contributed by atoms with Crippen molar-refractivity contribution in [3.05, 3.63) is 17.5 Å². The van der Waals surface area contributed by atoms with Gasteiger partial charge in [0, 0.05) is 31.9 Å². The van der Waals surface area contributed by atoms with Crippen LogP contribution in [-0.2, 0) is 0 Å². The molecule has 2 aliphatic rings. The summed E-state index contributed by atoms with van der Waals surface area (Å²) in [6, 6.07) is 1.82. The molecule has 1 unspecified atom stereocenters. The molecule has 1 aromatic heterocycles. The smallest absolute Gasteiger partial charge is 0.272 e. The van der Waals surface area contributed by atoms with Gasteiger partial charge in [-0.15, -0.1) is 0 Å². The van der Waals surface area contributed by atoms with Gasteiger partial charge in [-0.2, -0.15) is 0 Å². The fourth-order valence-electron chi connectivity index (χ4n) is 3.26. The highest BCUT2D eigenvalue weighted by Gasteiger charge is 2.24. The van der Waals surface area contributed by atoms with E-state index in [2.05, 4.69) is 21.8 Å². The number of hydrogen-bond donors (Lipinski definition) is 0. The second-order valence-electron chi connectivity index (χ2n) is 6.39. The molecule has 0 N–H and O–H groups in total. The van der Waals surface area contributed by atoms with E-state index < -0.39 is 0 Å². The Morgan fingerprint density at radius 3 is 2.67 bits per heavy atom. The molecule has 114 valence electrons. The Balaban J connectivity index is 1.82. The number of carbonyl (C=O) groups is 1. The van der Waals surface area contributed by atoms with Gasteiger partial charge in [-0.3, -0.25) is 4.79 Å². The van der Waals surface area contributed by atoms with Crippen LogP contribution in [0.15, 0.2) is 6.07 Å². The number of hydrogen-bond acceptors (Lipinski definition) is 4. The highest BCUT2D eigenvalue weighted by atomic mass is 16.2. The molecule has 0 aliphatic carbocycles. The number of nitrogens with zero attached hydrogens (tertiary/aromatic N) is 4. The van der Waals surface area contributed by atoms with Crippen LogP contribution in [0.1, 0.15) is 48.8 Å². The van der Waals surface area contributed by atoms with E-state index in [0.29, 0.717) is 11.6 Å². The largest absolute Gasteiger partial charge is 0.341 e. The lowest BCUT2D eigenvalue weighted by Crippen LogP contribution is -2.39. The van der Waals surface area contributed by atoms with Crippen molar-refractivity contribution in [2.45, 2.75) is 39.5 Å². The maximum Gasteiger partial charge on any atom is 0.272 e. The number of carbonyl (C=O) groups excluding carboxylic acids is 1. The minimum absolute atomic E-state index is 0.0625. The molecule has 5 nitrogen and oxygen atoms in total. The Kier molecular flexibility index (Phi) is 4.08. The van der Waals surface area contributed by atoms with E-state index in [1.54, 1.807) is 0 Å². The lowest BCUT2D eigenvalue weighted by molar-refractivity contribution is 0.0677. The quantitative estimate of drug-likeness (QED) is 0.837. The fraction of sp³-hybridized carbons (Fsp3) is 0.688. The van der Waals surface area contributed by atoms with E-state index in [-0.39, 0.29) is 5.91 Å². The van der Waals surface area contributed by atoms with Gasteiger partial charge >= 0.3 is 0 Å². The first-order valence-corrected chi connectivity index (χ1v) is 8.03. The number of piperidine rings is 1. The fourth-order valence-corrected chi connectivity index (χ4v) is 3.26. The van der Waals surface area contributed by atoms with Gasteiger partial charge < -0.3 is 9.80 Å². The molecule has 3 heterocycles. The third-order valence-corrected chi connectivity index (χ3v) is 4.39. The van der Waals surface area contributed by atoms with Gasteiger partial charge in [-0.05, 0) is 44.6 Å². The number of likely N-dealkylation sites (tertiary alicyclic amines) is 1. The van der Waals surface area contributed by atoms with Crippen molar-refractivity contribution in [2.75, 3.05) is 31.1 Å². The first-order valence-electron chi connectivity index (χ1n) is 8.03. The van der Waals surface area contributed by atoms with Gasteiger partial charge in [0.1, 0.15) is 5.69 Å². The van der Waals surface area contributed by atoms with Crippen molar-refractivity contribution in [1.29, 1.82) is 0 Å². The van der Waals surface area contributed by atoms with Gasteiger partial charge in [-0.1, -0.05) is 6.92 Å². The maximum atomic E-state index is 12.7. The summed E-state index contributed by atoms with van der Waals surface area (Å²) in [5.41, 5.74) is 1.43. The zero-order valence-electron chi connectivity index (χ0n) is 13.0. The summed E-state index contributed by atoms with van der Waals surface area (Å²) >= 11 is 0. The molecule has 2 aliphatic heterocycles. The Labute approximate surface area is 126 Å². The van der Waals surface area contributed by atoms with Crippen LogP contribution in [0.25, 0.3) is 0 Å². The number of amides is 1. The molecular formula is C16H24N4O. The molecule has 1 amide bonds. The van der Waals surface area contributed by atoms with E-state index >= 15 is 0 Å². The van der Waals surface area contributed by atoms with Crippen molar-refractivity contribution < 1.29 is 4.79 Å². The van der Waals surface area contributed by atoms with E-state index in [0.717, 1.165) is 44.2 Å². The molecular weight excluding hydrogens is 264 g/mol. The predicted molar refractivity (Wildman–Crippen MR) is 82.5 cm³/mol. The van der Waals surface area contributed by atoms with Crippen LogP contribution in [0, 0.1) is 12.8 Å². The van der Waals surface area contributed by atoms with Crippen LogP contribution in [0.4, 0.5) is 5.95 Å². The average Bonchev–Trinajstić information content (AvgIpc) is 3.00. The molecule has 5 heteroatoms. The van der Waals surface area contributed by atoms with E-state index in [1.807, 2.05) is 17.9 Å². The molecule has 1 aromatic rings. The van der Waals surface area contributed by atoms with Crippen molar-refractivity contribution in [1.82, 2.24) is 14.9 Å². The highest BCUT2D eigenvalue weighted by Crippen LogP contribution is 2.20. The first-order chi connectivity index (χ1) is 10.1. The van der Waals surface area contributed by atoms with Gasteiger partial charge in [0.2, 0.25) is 5.95 Å². The Morgan fingerprint density at radius 1 is 1.19 bits per heavy atom. The number of aryl methyl sites for hydroxylation is 1. The molecule has 0 bridgehead atoms. The third-order valence-electron chi connectivity index (χ3n) is 4.39. The topological polar surface area (TPSA) is 49.3 Å². The minimum atomic E-state index is 0.0625. The third kappa shape index (κ3) is 3.17. The van der Waals surface area contributed by atoms with Crippen LogP contribution in [0.3, 0.4) is 0 Å². The Hall–Kier alpha value is -1.65. The zero-order valence-corrected chi connectivity index (χ0v) is 13.0. The molecule has 0 aromatic carbocycles. The van der Waals surface area contributed by atoms with Crippen molar-refractivity contribution >= 4 is 11.9 Å². The summed E-state index contributed by atoms with van der Waals surface area (Å²) in [5, 5.41) is 0. The summed E-state index contributed by atoms with van der Waals surface area (Å²) in [6.45, 7) is 7.85. The standard InChI is InChI=1S/C16H24N4O/c1-12-6-5-9-20(11-12)15(21)14-10-13(2)17-16(18-14)19-7-3-4-8-19/h10,12H,3-9,11H2,1-2H3. The van der Waals surface area contributed by atoms with Gasteiger partial charge in [0.15, 0.2) is 0 Å². The summed E-state index contributed by atoms with van der Waals surface area (Å²) in [7, 11) is 0. The summed E-state index contributed by atoms with van der Waals surface area (Å²) in [4.78, 5) is 25.9.